The van der Waals surface area contributed by atoms with Gasteiger partial charge in [0, 0.05) is 17.2 Å². The summed E-state index contributed by atoms with van der Waals surface area (Å²) < 4.78 is 36.4. The Hall–Kier alpha value is -3.45. The molecule has 1 saturated heterocycles. The highest BCUT2D eigenvalue weighted by Gasteiger charge is 2.54. The van der Waals surface area contributed by atoms with Gasteiger partial charge in [-0.2, -0.15) is 5.09 Å². The van der Waals surface area contributed by atoms with Gasteiger partial charge in [-0.15, -0.1) is 0 Å². The number of nitrogens with one attached hydrogen (secondary N) is 2. The van der Waals surface area contributed by atoms with Crippen LogP contribution in [0.25, 0.3) is 10.4 Å². The Balaban J connectivity index is 1.87. The van der Waals surface area contributed by atoms with E-state index in [1.54, 1.807) is 25.1 Å². The molecular weight excluding hydrogens is 511 g/mol. The Morgan fingerprint density at radius 3 is 2.70 bits per heavy atom. The summed E-state index contributed by atoms with van der Waals surface area (Å²) in [7, 11) is -4.28. The number of aromatic amines is 1. The first-order valence-electron chi connectivity index (χ1n) is 11.2. The zero-order valence-electron chi connectivity index (χ0n) is 20.2. The second-order valence-electron chi connectivity index (χ2n) is 8.20. The fourth-order valence-electron chi connectivity index (χ4n) is 3.63. The van der Waals surface area contributed by atoms with Crippen LogP contribution in [0.3, 0.4) is 0 Å². The summed E-state index contributed by atoms with van der Waals surface area (Å²) >= 11 is 0. The summed E-state index contributed by atoms with van der Waals surface area (Å²) in [5.41, 5.74) is 5.84. The molecule has 37 heavy (non-hydrogen) atoms. The minimum atomic E-state index is -4.28. The molecule has 0 spiro atoms. The number of hydrogen-bond donors (Lipinski definition) is 3. The second-order valence-corrected chi connectivity index (χ2v) is 9.90. The van der Waals surface area contributed by atoms with Crippen molar-refractivity contribution in [1.82, 2.24) is 14.6 Å². The maximum absolute atomic E-state index is 13.6. The van der Waals surface area contributed by atoms with Crippen molar-refractivity contribution in [2.45, 2.75) is 50.8 Å². The Labute approximate surface area is 210 Å². The first-order chi connectivity index (χ1) is 17.5. The molecular formula is C21H27N6O9P. The van der Waals surface area contributed by atoms with Crippen LogP contribution in [0, 0.1) is 0 Å². The number of ether oxygens (including phenoxy) is 2. The van der Waals surface area contributed by atoms with E-state index in [0.717, 1.165) is 16.8 Å². The topological polar surface area (TPSA) is 207 Å². The van der Waals surface area contributed by atoms with Gasteiger partial charge in [-0.25, -0.2) is 9.36 Å². The summed E-state index contributed by atoms with van der Waals surface area (Å²) in [5.74, 6) is -0.535. The summed E-state index contributed by atoms with van der Waals surface area (Å²) in [5, 5.41) is 17.1. The summed E-state index contributed by atoms with van der Waals surface area (Å²) in [6.45, 7) is 3.90. The van der Waals surface area contributed by atoms with Crippen LogP contribution in [0.4, 0.5) is 0 Å². The number of para-hydroxylation sites is 1. The van der Waals surface area contributed by atoms with Gasteiger partial charge in [-0.1, -0.05) is 23.3 Å². The standard InChI is InChI=1S/C21H27N6O9P/c1-4-33-18(30)13(2)24-37(32,36-14-8-6-5-7-9-14)34-12-15-17(29)21(3,25-26-22)19(35-15)27-11-10-16(28)23-20(27)31/h5-11,13,15,17,19,29H,4,12H2,1-3H3,(H,24,32)(H,23,28,31)/t13-,15+,17+,19+,21+,37?/m0/s1. The molecule has 1 aliphatic rings. The van der Waals surface area contributed by atoms with Crippen molar-refractivity contribution in [3.8, 4) is 5.75 Å². The highest BCUT2D eigenvalue weighted by Crippen LogP contribution is 2.47. The Morgan fingerprint density at radius 2 is 2.08 bits per heavy atom. The molecule has 0 radical (unpaired) electrons. The number of benzene rings is 1. The van der Waals surface area contributed by atoms with E-state index >= 15 is 0 Å². The zero-order chi connectivity index (χ0) is 27.2. The third-order valence-electron chi connectivity index (χ3n) is 5.49. The van der Waals surface area contributed by atoms with Gasteiger partial charge in [-0.3, -0.25) is 23.7 Å². The predicted octanol–water partition coefficient (Wildman–Crippen LogP) is 1.61. The van der Waals surface area contributed by atoms with Crippen LogP contribution in [-0.2, 0) is 23.4 Å². The average Bonchev–Trinajstić information content (AvgIpc) is 3.08. The number of carbonyl (C=O) groups excluding carboxylic acids is 1. The molecule has 1 fully saturated rings. The van der Waals surface area contributed by atoms with E-state index in [4.69, 9.17) is 24.1 Å². The highest BCUT2D eigenvalue weighted by molar-refractivity contribution is 7.52. The molecule has 1 aromatic carbocycles. The number of esters is 1. The summed E-state index contributed by atoms with van der Waals surface area (Å²) in [6.07, 6.45) is -3.04. The van der Waals surface area contributed by atoms with Crippen LogP contribution in [0.1, 0.15) is 27.0 Å². The van der Waals surface area contributed by atoms with E-state index in [0.29, 0.717) is 0 Å². The molecule has 6 atom stereocenters. The molecule has 1 aliphatic heterocycles. The molecule has 15 nitrogen and oxygen atoms in total. The third-order valence-corrected chi connectivity index (χ3v) is 7.13. The quantitative estimate of drug-likeness (QED) is 0.124. The van der Waals surface area contributed by atoms with Crippen LogP contribution in [0.2, 0.25) is 0 Å². The molecule has 1 unspecified atom stereocenters. The van der Waals surface area contributed by atoms with E-state index in [-0.39, 0.29) is 12.4 Å². The number of rotatable bonds is 11. The van der Waals surface area contributed by atoms with Gasteiger partial charge in [0.2, 0.25) is 0 Å². The van der Waals surface area contributed by atoms with Gasteiger partial charge in [0.25, 0.3) is 5.56 Å². The molecule has 0 saturated carbocycles. The van der Waals surface area contributed by atoms with Crippen molar-refractivity contribution < 1.29 is 33.0 Å². The molecule has 0 aliphatic carbocycles. The number of aliphatic hydroxyl groups is 1. The lowest BCUT2D eigenvalue weighted by molar-refractivity contribution is -0.144. The van der Waals surface area contributed by atoms with E-state index in [2.05, 4.69) is 20.1 Å². The predicted molar refractivity (Wildman–Crippen MR) is 129 cm³/mol. The largest absolute Gasteiger partial charge is 0.465 e. The van der Waals surface area contributed by atoms with E-state index in [1.165, 1.54) is 26.0 Å². The lowest BCUT2D eigenvalue weighted by atomic mass is 9.93. The van der Waals surface area contributed by atoms with Gasteiger partial charge >= 0.3 is 19.4 Å². The number of azide groups is 1. The van der Waals surface area contributed by atoms with Crippen LogP contribution >= 0.6 is 7.75 Å². The molecule has 200 valence electrons. The van der Waals surface area contributed by atoms with Crippen molar-refractivity contribution in [2.75, 3.05) is 13.2 Å². The summed E-state index contributed by atoms with van der Waals surface area (Å²) in [6, 6.07) is 7.98. The average molecular weight is 538 g/mol. The van der Waals surface area contributed by atoms with Gasteiger partial charge in [0.1, 0.15) is 23.4 Å². The molecule has 2 heterocycles. The van der Waals surface area contributed by atoms with Crippen LogP contribution in [-0.4, -0.2) is 57.6 Å². The molecule has 3 rings (SSSR count). The smallest absolute Gasteiger partial charge is 0.459 e. The molecule has 0 amide bonds. The van der Waals surface area contributed by atoms with Crippen molar-refractivity contribution >= 4 is 13.7 Å². The molecule has 0 bridgehead atoms. The van der Waals surface area contributed by atoms with E-state index < -0.39 is 61.6 Å². The first-order valence-corrected chi connectivity index (χ1v) is 12.7. The van der Waals surface area contributed by atoms with Crippen molar-refractivity contribution in [3.63, 3.8) is 0 Å². The second kappa shape index (κ2) is 11.7. The van der Waals surface area contributed by atoms with E-state index in [9.17, 15) is 24.1 Å². The Kier molecular flexibility index (Phi) is 8.92. The minimum Gasteiger partial charge on any atom is -0.465 e. The maximum atomic E-state index is 13.6. The number of nitrogens with zero attached hydrogens (tertiary/aromatic N) is 4. The van der Waals surface area contributed by atoms with Crippen LogP contribution in [0.5, 0.6) is 5.75 Å². The lowest BCUT2D eigenvalue weighted by Gasteiger charge is -2.28. The van der Waals surface area contributed by atoms with Gasteiger partial charge in [-0.05, 0) is 38.4 Å². The van der Waals surface area contributed by atoms with E-state index in [1.807, 2.05) is 0 Å². The monoisotopic (exact) mass is 538 g/mol. The maximum Gasteiger partial charge on any atom is 0.459 e. The van der Waals surface area contributed by atoms with Gasteiger partial charge in [0.15, 0.2) is 6.23 Å². The van der Waals surface area contributed by atoms with Gasteiger partial charge in [0.05, 0.1) is 19.3 Å². The first kappa shape index (κ1) is 28.1. The number of aliphatic hydroxyl groups excluding tert-OH is 1. The number of carbonyl (C=O) groups is 1. The Morgan fingerprint density at radius 1 is 1.38 bits per heavy atom. The molecule has 1 aromatic heterocycles. The highest BCUT2D eigenvalue weighted by atomic mass is 31.2. The fraction of sp³-hybridized carbons (Fsp3) is 0.476. The number of hydrogen-bond acceptors (Lipinski definition) is 10. The van der Waals surface area contributed by atoms with Crippen LogP contribution < -0.4 is 20.9 Å². The molecule has 16 heteroatoms. The lowest BCUT2D eigenvalue weighted by Crippen LogP contribution is -2.45. The third kappa shape index (κ3) is 6.46. The van der Waals surface area contributed by atoms with Crippen molar-refractivity contribution in [3.05, 3.63) is 73.9 Å². The zero-order valence-corrected chi connectivity index (χ0v) is 21.1. The van der Waals surface area contributed by atoms with Crippen molar-refractivity contribution in [1.29, 1.82) is 0 Å². The normalized spacial score (nSPS) is 25.5. The Bertz CT molecular complexity index is 1310. The fourth-order valence-corrected chi connectivity index (χ4v) is 5.14. The van der Waals surface area contributed by atoms with Gasteiger partial charge < -0.3 is 19.1 Å². The molecule has 3 N–H and O–H groups in total. The number of aromatic nitrogens is 2. The molecule has 2 aromatic rings. The summed E-state index contributed by atoms with van der Waals surface area (Å²) in [4.78, 5) is 40.7. The minimum absolute atomic E-state index is 0.0984. The number of H-pyrrole nitrogens is 1. The SMILES string of the molecule is CCOC(=O)[C@H](C)NP(=O)(OC[C@H]1O[C@@H](n2ccc(=O)[nH]c2=O)[C@](C)(N=[N+]=[N-])[C@@H]1O)Oc1ccccc1. The van der Waals surface area contributed by atoms with Crippen LogP contribution in [0.15, 0.2) is 57.3 Å². The van der Waals surface area contributed by atoms with Crippen molar-refractivity contribution in [2.24, 2.45) is 5.11 Å².